The monoisotopic (exact) mass is 271 g/mol. The Morgan fingerprint density at radius 1 is 1.40 bits per heavy atom. The normalized spacial score (nSPS) is 17.1. The van der Waals surface area contributed by atoms with E-state index in [1.807, 2.05) is 38.1 Å². The molecule has 1 aromatic carbocycles. The van der Waals surface area contributed by atoms with Crippen LogP contribution in [0.2, 0.25) is 0 Å². The highest BCUT2D eigenvalue weighted by Gasteiger charge is 2.27. The number of halogens is 1. The largest absolute Gasteiger partial charge is 0.390 e. The number of hydrogen-bond donors (Lipinski definition) is 2. The van der Waals surface area contributed by atoms with Gasteiger partial charge >= 0.3 is 0 Å². The molecule has 0 aromatic heterocycles. The van der Waals surface area contributed by atoms with Crippen LogP contribution in [0.15, 0.2) is 28.7 Å². The highest BCUT2D eigenvalue weighted by Crippen LogP contribution is 2.22. The summed E-state index contributed by atoms with van der Waals surface area (Å²) in [5.74, 6) is 0.0983. The fourth-order valence-electron chi connectivity index (χ4n) is 1.44. The van der Waals surface area contributed by atoms with Gasteiger partial charge in [-0.2, -0.15) is 0 Å². The van der Waals surface area contributed by atoms with Crippen molar-refractivity contribution in [2.45, 2.75) is 25.9 Å². The third kappa shape index (κ3) is 3.59. The zero-order valence-electron chi connectivity index (χ0n) is 9.20. The minimum Gasteiger partial charge on any atom is -0.390 e. The van der Waals surface area contributed by atoms with E-state index in [-0.39, 0.29) is 5.92 Å². The summed E-state index contributed by atoms with van der Waals surface area (Å²) in [6.07, 6.45) is 0.638. The first-order valence-electron chi connectivity index (χ1n) is 5.12. The topological polar surface area (TPSA) is 46.2 Å². The van der Waals surface area contributed by atoms with Gasteiger partial charge in [-0.3, -0.25) is 0 Å². The van der Waals surface area contributed by atoms with E-state index in [0.29, 0.717) is 13.0 Å². The van der Waals surface area contributed by atoms with Crippen LogP contribution in [-0.4, -0.2) is 17.3 Å². The van der Waals surface area contributed by atoms with Gasteiger partial charge < -0.3 is 10.8 Å². The molecule has 3 heteroatoms. The van der Waals surface area contributed by atoms with E-state index in [9.17, 15) is 5.11 Å². The lowest BCUT2D eigenvalue weighted by molar-refractivity contribution is 0.0102. The zero-order chi connectivity index (χ0) is 11.5. The van der Waals surface area contributed by atoms with E-state index in [2.05, 4.69) is 15.9 Å². The lowest BCUT2D eigenvalue weighted by Gasteiger charge is -2.29. The molecule has 2 nitrogen and oxygen atoms in total. The molecule has 0 aliphatic carbocycles. The summed E-state index contributed by atoms with van der Waals surface area (Å²) in [6, 6.07) is 8.00. The third-order valence-corrected chi connectivity index (χ3v) is 3.42. The highest BCUT2D eigenvalue weighted by molar-refractivity contribution is 9.10. The van der Waals surface area contributed by atoms with Crippen LogP contribution in [0.3, 0.4) is 0 Å². The first-order chi connectivity index (χ1) is 6.95. The number of benzene rings is 1. The van der Waals surface area contributed by atoms with E-state index in [1.54, 1.807) is 0 Å². The number of rotatable bonds is 4. The van der Waals surface area contributed by atoms with Gasteiger partial charge in [0.15, 0.2) is 0 Å². The summed E-state index contributed by atoms with van der Waals surface area (Å²) in [6.45, 7) is 4.31. The molecule has 0 saturated heterocycles. The Balaban J connectivity index is 2.72. The lowest BCUT2D eigenvalue weighted by atomic mass is 9.85. The number of hydrogen-bond acceptors (Lipinski definition) is 2. The fourth-order valence-corrected chi connectivity index (χ4v) is 1.71. The molecule has 0 saturated carbocycles. The molecule has 0 fully saturated rings. The fraction of sp³-hybridized carbons (Fsp3) is 0.500. The third-order valence-electron chi connectivity index (χ3n) is 2.89. The molecule has 2 atom stereocenters. The summed E-state index contributed by atoms with van der Waals surface area (Å²) >= 11 is 3.39. The second-order valence-corrected chi connectivity index (χ2v) is 5.21. The molecule has 1 aromatic rings. The van der Waals surface area contributed by atoms with Crippen molar-refractivity contribution in [2.75, 3.05) is 6.54 Å². The minimum absolute atomic E-state index is 0.0983. The second-order valence-electron chi connectivity index (χ2n) is 4.30. The van der Waals surface area contributed by atoms with Crippen LogP contribution in [-0.2, 0) is 6.42 Å². The molecule has 1 rings (SSSR count). The Morgan fingerprint density at radius 2 is 1.93 bits per heavy atom. The van der Waals surface area contributed by atoms with Crippen molar-refractivity contribution in [1.82, 2.24) is 0 Å². The maximum absolute atomic E-state index is 10.2. The highest BCUT2D eigenvalue weighted by atomic mass is 79.9. The molecule has 0 aliphatic rings. The van der Waals surface area contributed by atoms with Crippen LogP contribution in [0.25, 0.3) is 0 Å². The van der Waals surface area contributed by atoms with Crippen LogP contribution in [0, 0.1) is 5.92 Å². The molecule has 0 bridgehead atoms. The summed E-state index contributed by atoms with van der Waals surface area (Å²) in [5, 5.41) is 10.2. The van der Waals surface area contributed by atoms with Crippen molar-refractivity contribution >= 4 is 15.9 Å². The first-order valence-corrected chi connectivity index (χ1v) is 5.92. The van der Waals surface area contributed by atoms with E-state index >= 15 is 0 Å². The molecule has 0 radical (unpaired) electrons. The predicted octanol–water partition coefficient (Wildman–Crippen LogP) is 2.34. The van der Waals surface area contributed by atoms with Gasteiger partial charge in [0.05, 0.1) is 5.60 Å². The van der Waals surface area contributed by atoms with Crippen LogP contribution in [0.4, 0.5) is 0 Å². The van der Waals surface area contributed by atoms with Crippen molar-refractivity contribution in [3.8, 4) is 0 Å². The molecule has 0 amide bonds. The maximum atomic E-state index is 10.2. The molecule has 84 valence electrons. The van der Waals surface area contributed by atoms with Crippen molar-refractivity contribution in [1.29, 1.82) is 0 Å². The number of nitrogens with two attached hydrogens (primary N) is 1. The van der Waals surface area contributed by atoms with Gasteiger partial charge in [0.25, 0.3) is 0 Å². The molecule has 15 heavy (non-hydrogen) atoms. The standard InChI is InChI=1S/C12H18BrNO/c1-9(8-14)12(2,15)7-10-3-5-11(13)6-4-10/h3-6,9,15H,7-8,14H2,1-2H3. The zero-order valence-corrected chi connectivity index (χ0v) is 10.8. The average molecular weight is 272 g/mol. The van der Waals surface area contributed by atoms with E-state index in [4.69, 9.17) is 5.73 Å². The van der Waals surface area contributed by atoms with Gasteiger partial charge in [-0.25, -0.2) is 0 Å². The second kappa shape index (κ2) is 5.10. The summed E-state index contributed by atoms with van der Waals surface area (Å²) < 4.78 is 1.05. The Kier molecular flexibility index (Phi) is 4.32. The van der Waals surface area contributed by atoms with Crippen LogP contribution in [0.5, 0.6) is 0 Å². The molecule has 3 N–H and O–H groups in total. The van der Waals surface area contributed by atoms with Gasteiger partial charge in [-0.1, -0.05) is 35.0 Å². The van der Waals surface area contributed by atoms with Crippen molar-refractivity contribution in [3.63, 3.8) is 0 Å². The average Bonchev–Trinajstić information content (AvgIpc) is 2.20. The van der Waals surface area contributed by atoms with Crippen LogP contribution in [0.1, 0.15) is 19.4 Å². The van der Waals surface area contributed by atoms with Crippen molar-refractivity contribution in [2.24, 2.45) is 11.7 Å². The van der Waals surface area contributed by atoms with Crippen LogP contribution >= 0.6 is 15.9 Å². The SMILES string of the molecule is CC(CN)C(C)(O)Cc1ccc(Br)cc1. The minimum atomic E-state index is -0.734. The number of aliphatic hydroxyl groups is 1. The molecular weight excluding hydrogens is 254 g/mol. The first kappa shape index (κ1) is 12.7. The predicted molar refractivity (Wildman–Crippen MR) is 66.7 cm³/mol. The van der Waals surface area contributed by atoms with Gasteiger partial charge in [0.2, 0.25) is 0 Å². The van der Waals surface area contributed by atoms with Gasteiger partial charge in [-0.05, 0) is 37.1 Å². The Bertz CT molecular complexity index is 308. The summed E-state index contributed by atoms with van der Waals surface area (Å²) in [4.78, 5) is 0. The lowest BCUT2D eigenvalue weighted by Crippen LogP contribution is -2.39. The molecule has 2 unspecified atom stereocenters. The Labute approximate surface area is 99.6 Å². The molecule has 0 spiro atoms. The van der Waals surface area contributed by atoms with Crippen molar-refractivity contribution in [3.05, 3.63) is 34.3 Å². The van der Waals surface area contributed by atoms with E-state index in [1.165, 1.54) is 0 Å². The summed E-state index contributed by atoms with van der Waals surface area (Å²) in [5.41, 5.74) is 5.96. The quantitative estimate of drug-likeness (QED) is 0.883. The Morgan fingerprint density at radius 3 is 2.40 bits per heavy atom. The van der Waals surface area contributed by atoms with E-state index in [0.717, 1.165) is 10.0 Å². The van der Waals surface area contributed by atoms with Crippen molar-refractivity contribution < 1.29 is 5.11 Å². The smallest absolute Gasteiger partial charge is 0.0697 e. The molecule has 0 aliphatic heterocycles. The maximum Gasteiger partial charge on any atom is 0.0697 e. The van der Waals surface area contributed by atoms with Gasteiger partial charge in [-0.15, -0.1) is 0 Å². The van der Waals surface area contributed by atoms with Crippen LogP contribution < -0.4 is 5.73 Å². The van der Waals surface area contributed by atoms with E-state index < -0.39 is 5.60 Å². The molecule has 0 heterocycles. The molecular formula is C12H18BrNO. The van der Waals surface area contributed by atoms with Gasteiger partial charge in [0, 0.05) is 10.9 Å². The summed E-state index contributed by atoms with van der Waals surface area (Å²) in [7, 11) is 0. The van der Waals surface area contributed by atoms with Gasteiger partial charge in [0.1, 0.15) is 0 Å². The Hall–Kier alpha value is -0.380.